The highest BCUT2D eigenvalue weighted by Gasteiger charge is 2.21. The zero-order valence-corrected chi connectivity index (χ0v) is 19.7. The van der Waals surface area contributed by atoms with E-state index in [2.05, 4.69) is 15.6 Å². The molecule has 4 aromatic rings. The van der Waals surface area contributed by atoms with Gasteiger partial charge in [-0.25, -0.2) is 9.97 Å². The number of hydrogen-bond acceptors (Lipinski definition) is 6. The molecule has 1 unspecified atom stereocenters. The molecule has 178 valence electrons. The summed E-state index contributed by atoms with van der Waals surface area (Å²) in [5.74, 6) is -0.491. The van der Waals surface area contributed by atoms with Crippen LogP contribution < -0.4 is 21.8 Å². The van der Waals surface area contributed by atoms with Gasteiger partial charge in [0.15, 0.2) is 0 Å². The second-order valence-corrected chi connectivity index (χ2v) is 8.03. The Morgan fingerprint density at radius 3 is 2.46 bits per heavy atom. The fraction of sp³-hybridized carbons (Fsp3) is 0.192. The second-order valence-electron chi connectivity index (χ2n) is 8.03. The van der Waals surface area contributed by atoms with E-state index >= 15 is 0 Å². The van der Waals surface area contributed by atoms with Crippen LogP contribution in [-0.4, -0.2) is 33.4 Å². The van der Waals surface area contributed by atoms with Gasteiger partial charge in [-0.2, -0.15) is 0 Å². The molecule has 9 heteroatoms. The third-order valence-electron chi connectivity index (χ3n) is 5.94. The third kappa shape index (κ3) is 4.48. The standard InChI is InChI=1S/C26H26N6O3/c1-4-32-23(27)21(26(35)28-3)22(33)18-12-13-19(30-24(18)32)17-10-8-16(9-11-17)15(2)25(34)31-20-7-5-6-14-29-20/h5-15H,4,27H2,1-3H3,(H,28,35)(H,29,31,34). The number of aromatic nitrogens is 3. The van der Waals surface area contributed by atoms with E-state index < -0.39 is 11.3 Å². The van der Waals surface area contributed by atoms with Crippen molar-refractivity contribution >= 4 is 34.5 Å². The highest BCUT2D eigenvalue weighted by Crippen LogP contribution is 2.25. The number of nitrogens with zero attached hydrogens (tertiary/aromatic N) is 3. The molecule has 0 aliphatic heterocycles. The van der Waals surface area contributed by atoms with Crippen molar-refractivity contribution in [1.82, 2.24) is 19.9 Å². The van der Waals surface area contributed by atoms with Crippen LogP contribution in [0.25, 0.3) is 22.3 Å². The normalized spacial score (nSPS) is 11.7. The number of fused-ring (bicyclic) bond motifs is 1. The molecule has 0 saturated heterocycles. The van der Waals surface area contributed by atoms with E-state index in [0.717, 1.165) is 11.1 Å². The Hall–Kier alpha value is -4.53. The van der Waals surface area contributed by atoms with Crippen molar-refractivity contribution in [3.8, 4) is 11.3 Å². The lowest BCUT2D eigenvalue weighted by molar-refractivity contribution is -0.117. The van der Waals surface area contributed by atoms with Gasteiger partial charge in [0.05, 0.1) is 17.0 Å². The zero-order chi connectivity index (χ0) is 25.1. The van der Waals surface area contributed by atoms with Crippen LogP contribution in [-0.2, 0) is 11.3 Å². The number of carbonyl (C=O) groups excluding carboxylic acids is 2. The van der Waals surface area contributed by atoms with Crippen LogP contribution in [0.1, 0.15) is 35.7 Å². The van der Waals surface area contributed by atoms with Gasteiger partial charge in [-0.05, 0) is 43.7 Å². The Bertz CT molecular complexity index is 1460. The molecule has 2 amide bonds. The van der Waals surface area contributed by atoms with E-state index in [1.165, 1.54) is 7.05 Å². The monoisotopic (exact) mass is 470 g/mol. The Morgan fingerprint density at radius 2 is 1.83 bits per heavy atom. The summed E-state index contributed by atoms with van der Waals surface area (Å²) >= 11 is 0. The number of nitrogen functional groups attached to an aromatic ring is 1. The van der Waals surface area contributed by atoms with Crippen molar-refractivity contribution in [2.24, 2.45) is 0 Å². The first kappa shape index (κ1) is 23.6. The summed E-state index contributed by atoms with van der Waals surface area (Å²) in [5, 5.41) is 5.60. The van der Waals surface area contributed by atoms with Crippen molar-refractivity contribution in [1.29, 1.82) is 0 Å². The number of amides is 2. The molecule has 0 spiro atoms. The molecule has 1 aromatic carbocycles. The first-order chi connectivity index (χ1) is 16.8. The van der Waals surface area contributed by atoms with E-state index in [0.29, 0.717) is 29.1 Å². The molecule has 0 aliphatic rings. The lowest BCUT2D eigenvalue weighted by Gasteiger charge is -2.16. The number of anilines is 2. The molecule has 3 aromatic heterocycles. The molecule has 3 heterocycles. The minimum absolute atomic E-state index is 0.0806. The SMILES string of the molecule is CCn1c(N)c(C(=O)NC)c(=O)c2ccc(-c3ccc(C(C)C(=O)Nc4ccccn4)cc3)nc21. The minimum Gasteiger partial charge on any atom is -0.384 e. The number of pyridine rings is 3. The predicted octanol–water partition coefficient (Wildman–Crippen LogP) is 3.16. The summed E-state index contributed by atoms with van der Waals surface area (Å²) < 4.78 is 1.66. The van der Waals surface area contributed by atoms with Crippen LogP contribution in [0.3, 0.4) is 0 Å². The predicted molar refractivity (Wildman–Crippen MR) is 136 cm³/mol. The summed E-state index contributed by atoms with van der Waals surface area (Å²) in [7, 11) is 1.45. The maximum atomic E-state index is 12.9. The minimum atomic E-state index is -0.530. The Morgan fingerprint density at radius 1 is 1.09 bits per heavy atom. The number of nitrogens with two attached hydrogens (primary N) is 1. The van der Waals surface area contributed by atoms with Gasteiger partial charge in [0, 0.05) is 25.4 Å². The molecule has 0 fully saturated rings. The average molecular weight is 471 g/mol. The van der Waals surface area contributed by atoms with Gasteiger partial charge < -0.3 is 20.9 Å². The smallest absolute Gasteiger partial charge is 0.258 e. The van der Waals surface area contributed by atoms with E-state index in [9.17, 15) is 14.4 Å². The van der Waals surface area contributed by atoms with Crippen LogP contribution >= 0.6 is 0 Å². The third-order valence-corrected chi connectivity index (χ3v) is 5.94. The van der Waals surface area contributed by atoms with E-state index in [1.54, 1.807) is 35.0 Å². The Kier molecular flexibility index (Phi) is 6.59. The molecule has 0 saturated carbocycles. The van der Waals surface area contributed by atoms with Crippen molar-refractivity contribution in [2.45, 2.75) is 26.3 Å². The van der Waals surface area contributed by atoms with Crippen LogP contribution in [0.4, 0.5) is 11.6 Å². The first-order valence-electron chi connectivity index (χ1n) is 11.2. The van der Waals surface area contributed by atoms with Crippen LogP contribution in [0.2, 0.25) is 0 Å². The van der Waals surface area contributed by atoms with Gasteiger partial charge in [0.1, 0.15) is 22.8 Å². The van der Waals surface area contributed by atoms with E-state index in [4.69, 9.17) is 10.7 Å². The van der Waals surface area contributed by atoms with E-state index in [1.807, 2.05) is 44.2 Å². The molecular formula is C26H26N6O3. The Balaban J connectivity index is 1.66. The maximum Gasteiger partial charge on any atom is 0.258 e. The Labute approximate surface area is 202 Å². The van der Waals surface area contributed by atoms with Crippen molar-refractivity contribution in [2.75, 3.05) is 18.1 Å². The number of aryl methyl sites for hydroxylation is 1. The first-order valence-corrected chi connectivity index (χ1v) is 11.2. The van der Waals surface area contributed by atoms with Gasteiger partial charge in [-0.3, -0.25) is 14.4 Å². The summed E-state index contributed by atoms with van der Waals surface area (Å²) in [5.41, 5.74) is 8.35. The van der Waals surface area contributed by atoms with E-state index in [-0.39, 0.29) is 23.2 Å². The zero-order valence-electron chi connectivity index (χ0n) is 19.7. The highest BCUT2D eigenvalue weighted by atomic mass is 16.2. The molecule has 0 aliphatic carbocycles. The lowest BCUT2D eigenvalue weighted by Crippen LogP contribution is -2.30. The van der Waals surface area contributed by atoms with Gasteiger partial charge in [-0.15, -0.1) is 0 Å². The average Bonchev–Trinajstić information content (AvgIpc) is 2.88. The molecule has 0 radical (unpaired) electrons. The van der Waals surface area contributed by atoms with Crippen LogP contribution in [0.15, 0.2) is 65.6 Å². The summed E-state index contributed by atoms with van der Waals surface area (Å²) in [6, 6.07) is 16.2. The molecule has 4 N–H and O–H groups in total. The van der Waals surface area contributed by atoms with Gasteiger partial charge in [-0.1, -0.05) is 30.3 Å². The fourth-order valence-corrected chi connectivity index (χ4v) is 3.92. The molecule has 4 rings (SSSR count). The second kappa shape index (κ2) is 9.76. The number of carbonyl (C=O) groups is 2. The van der Waals surface area contributed by atoms with Crippen molar-refractivity contribution in [3.63, 3.8) is 0 Å². The topological polar surface area (TPSA) is 132 Å². The number of rotatable bonds is 6. The van der Waals surface area contributed by atoms with Gasteiger partial charge in [0.25, 0.3) is 5.91 Å². The molecule has 9 nitrogen and oxygen atoms in total. The quantitative estimate of drug-likeness (QED) is 0.397. The van der Waals surface area contributed by atoms with Gasteiger partial charge in [0.2, 0.25) is 11.3 Å². The molecule has 0 bridgehead atoms. The number of nitrogens with one attached hydrogen (secondary N) is 2. The largest absolute Gasteiger partial charge is 0.384 e. The summed E-state index contributed by atoms with van der Waals surface area (Å²) in [6.07, 6.45) is 1.62. The fourth-order valence-electron chi connectivity index (χ4n) is 3.92. The van der Waals surface area contributed by atoms with Gasteiger partial charge >= 0.3 is 0 Å². The van der Waals surface area contributed by atoms with Crippen LogP contribution in [0, 0.1) is 0 Å². The van der Waals surface area contributed by atoms with Crippen LogP contribution in [0.5, 0.6) is 0 Å². The van der Waals surface area contributed by atoms with Crippen molar-refractivity contribution < 1.29 is 9.59 Å². The summed E-state index contributed by atoms with van der Waals surface area (Å²) in [6.45, 7) is 4.13. The molecule has 1 atom stereocenters. The number of benzene rings is 1. The number of hydrogen-bond donors (Lipinski definition) is 3. The highest BCUT2D eigenvalue weighted by molar-refractivity contribution is 6.01. The maximum absolute atomic E-state index is 12.9. The molecular weight excluding hydrogens is 444 g/mol. The lowest BCUT2D eigenvalue weighted by atomic mass is 9.98. The van der Waals surface area contributed by atoms with Crippen molar-refractivity contribution in [3.05, 3.63) is 82.1 Å². The summed E-state index contributed by atoms with van der Waals surface area (Å²) in [4.78, 5) is 46.6. The molecule has 35 heavy (non-hydrogen) atoms.